The van der Waals surface area contributed by atoms with Crippen molar-refractivity contribution in [1.82, 2.24) is 10.3 Å². The van der Waals surface area contributed by atoms with E-state index in [1.165, 1.54) is 11.8 Å². The first-order valence-electron chi connectivity index (χ1n) is 7.74. The van der Waals surface area contributed by atoms with Gasteiger partial charge in [-0.1, -0.05) is 18.2 Å². The minimum Gasteiger partial charge on any atom is -0.300 e. The maximum absolute atomic E-state index is 12.2. The Hall–Kier alpha value is -2.22. The molecular formula is C19H12BrN3OS2. The van der Waals surface area contributed by atoms with E-state index < -0.39 is 0 Å². The molecule has 1 aliphatic rings. The average molecular weight is 442 g/mol. The first-order chi connectivity index (χ1) is 12.7. The third kappa shape index (κ3) is 3.80. The van der Waals surface area contributed by atoms with Gasteiger partial charge in [0.15, 0.2) is 5.17 Å². The van der Waals surface area contributed by atoms with E-state index in [0.29, 0.717) is 10.1 Å². The number of rotatable bonds is 3. The fourth-order valence-electron chi connectivity index (χ4n) is 2.34. The number of para-hydroxylation sites is 1. The van der Waals surface area contributed by atoms with Crippen molar-refractivity contribution < 1.29 is 4.79 Å². The molecule has 1 fully saturated rings. The van der Waals surface area contributed by atoms with Gasteiger partial charge in [-0.05, 0) is 70.2 Å². The molecule has 0 bridgehead atoms. The van der Waals surface area contributed by atoms with E-state index in [1.807, 2.05) is 60.7 Å². The molecule has 0 spiro atoms. The molecule has 0 atom stereocenters. The Kier molecular flexibility index (Phi) is 5.01. The number of aromatic nitrogens is 1. The maximum Gasteiger partial charge on any atom is 0.264 e. The molecule has 0 aliphatic carbocycles. The number of amides is 1. The number of carbonyl (C=O) groups is 1. The predicted octanol–water partition coefficient (Wildman–Crippen LogP) is 5.46. The number of aliphatic imine (C=N–C) groups is 1. The number of carbonyl (C=O) groups excluding carboxylic acids is 1. The lowest BCUT2D eigenvalue weighted by atomic mass is 10.3. The van der Waals surface area contributed by atoms with Crippen molar-refractivity contribution in [2.75, 3.05) is 0 Å². The molecule has 0 unspecified atom stereocenters. The van der Waals surface area contributed by atoms with Gasteiger partial charge in [-0.25, -0.2) is 4.99 Å². The molecular weight excluding hydrogens is 430 g/mol. The number of nitrogens with one attached hydrogen (secondary N) is 1. The van der Waals surface area contributed by atoms with Crippen LogP contribution in [-0.2, 0) is 4.79 Å². The first kappa shape index (κ1) is 17.2. The Morgan fingerprint density at radius 3 is 2.73 bits per heavy atom. The number of hydrogen-bond acceptors (Lipinski definition) is 5. The lowest BCUT2D eigenvalue weighted by Crippen LogP contribution is -2.19. The summed E-state index contributed by atoms with van der Waals surface area (Å²) >= 11 is 6.41. The predicted molar refractivity (Wildman–Crippen MR) is 112 cm³/mol. The van der Waals surface area contributed by atoms with Gasteiger partial charge in [0.2, 0.25) is 0 Å². The molecule has 1 aromatic carbocycles. The molecule has 0 radical (unpaired) electrons. The van der Waals surface area contributed by atoms with Crippen molar-refractivity contribution in [3.63, 3.8) is 0 Å². The Bertz CT molecular complexity index is 1030. The van der Waals surface area contributed by atoms with Crippen molar-refractivity contribution in [3.05, 3.63) is 75.0 Å². The van der Waals surface area contributed by atoms with Crippen LogP contribution in [0.4, 0.5) is 5.69 Å². The number of thiophene rings is 1. The summed E-state index contributed by atoms with van der Waals surface area (Å²) in [5.74, 6) is -0.131. The first-order valence-corrected chi connectivity index (χ1v) is 10.2. The van der Waals surface area contributed by atoms with E-state index in [-0.39, 0.29) is 5.91 Å². The van der Waals surface area contributed by atoms with Gasteiger partial charge in [-0.3, -0.25) is 9.78 Å². The zero-order valence-corrected chi connectivity index (χ0v) is 16.6. The van der Waals surface area contributed by atoms with Crippen molar-refractivity contribution in [3.8, 4) is 10.6 Å². The van der Waals surface area contributed by atoms with Gasteiger partial charge >= 0.3 is 0 Å². The monoisotopic (exact) mass is 441 g/mol. The third-order valence-corrected chi connectivity index (χ3v) is 6.18. The molecule has 1 N–H and O–H groups in total. The second kappa shape index (κ2) is 7.57. The Labute approximate surface area is 167 Å². The summed E-state index contributed by atoms with van der Waals surface area (Å²) in [5.41, 5.74) is 1.71. The molecule has 1 amide bonds. The van der Waals surface area contributed by atoms with E-state index in [0.717, 1.165) is 25.6 Å². The summed E-state index contributed by atoms with van der Waals surface area (Å²) in [7, 11) is 0. The number of amidine groups is 1. The summed E-state index contributed by atoms with van der Waals surface area (Å²) in [6.45, 7) is 0. The molecule has 2 aromatic heterocycles. The van der Waals surface area contributed by atoms with Crippen LogP contribution < -0.4 is 5.32 Å². The highest BCUT2D eigenvalue weighted by atomic mass is 79.9. The van der Waals surface area contributed by atoms with Crippen LogP contribution >= 0.6 is 39.0 Å². The molecule has 4 nitrogen and oxygen atoms in total. The van der Waals surface area contributed by atoms with Gasteiger partial charge < -0.3 is 5.32 Å². The summed E-state index contributed by atoms with van der Waals surface area (Å²) < 4.78 is 0.887. The van der Waals surface area contributed by atoms with Crippen LogP contribution in [0.25, 0.3) is 16.6 Å². The summed E-state index contributed by atoms with van der Waals surface area (Å²) in [5, 5.41) is 3.39. The molecule has 26 heavy (non-hydrogen) atoms. The van der Waals surface area contributed by atoms with Crippen LogP contribution in [0.15, 0.2) is 75.2 Å². The molecule has 4 rings (SSSR count). The lowest BCUT2D eigenvalue weighted by Gasteiger charge is -1.98. The summed E-state index contributed by atoms with van der Waals surface area (Å²) in [4.78, 5) is 23.8. The second-order valence-electron chi connectivity index (χ2n) is 5.35. The largest absolute Gasteiger partial charge is 0.300 e. The molecule has 128 valence electrons. The normalized spacial score (nSPS) is 17.0. The quantitative estimate of drug-likeness (QED) is 0.548. The topological polar surface area (TPSA) is 54.4 Å². The summed E-state index contributed by atoms with van der Waals surface area (Å²) in [6, 6.07) is 17.5. The molecule has 7 heteroatoms. The van der Waals surface area contributed by atoms with Crippen molar-refractivity contribution >= 4 is 61.9 Å². The van der Waals surface area contributed by atoms with Gasteiger partial charge in [0.05, 0.1) is 21.2 Å². The van der Waals surface area contributed by atoms with Crippen LogP contribution in [0.3, 0.4) is 0 Å². The number of hydrogen-bond donors (Lipinski definition) is 1. The fourth-order valence-corrected chi connectivity index (χ4v) is 4.54. The zero-order chi connectivity index (χ0) is 17.9. The van der Waals surface area contributed by atoms with Gasteiger partial charge in [0.1, 0.15) is 0 Å². The minimum atomic E-state index is -0.131. The average Bonchev–Trinajstić information content (AvgIpc) is 3.25. The van der Waals surface area contributed by atoms with E-state index in [2.05, 4.69) is 31.2 Å². The fraction of sp³-hybridized carbons (Fsp3) is 0. The van der Waals surface area contributed by atoms with Gasteiger partial charge in [0, 0.05) is 15.5 Å². The standard InChI is InChI=1S/C19H12BrN3OS2/c20-13-5-1-2-6-14(13)22-19-23-18(24)17(26-19)11-12-8-9-16(25-12)15-7-3-4-10-21-15/h1-11H,(H,22,23,24)/b17-11-. The van der Waals surface area contributed by atoms with Crippen LogP contribution in [-0.4, -0.2) is 16.1 Å². The molecule has 1 aliphatic heterocycles. The third-order valence-electron chi connectivity index (χ3n) is 3.54. The van der Waals surface area contributed by atoms with Gasteiger partial charge in [-0.2, -0.15) is 0 Å². The Balaban J connectivity index is 1.56. The van der Waals surface area contributed by atoms with E-state index in [1.54, 1.807) is 17.5 Å². The highest BCUT2D eigenvalue weighted by Gasteiger charge is 2.24. The van der Waals surface area contributed by atoms with Gasteiger partial charge in [-0.15, -0.1) is 11.3 Å². The smallest absolute Gasteiger partial charge is 0.264 e. The number of halogens is 1. The van der Waals surface area contributed by atoms with Crippen LogP contribution in [0.5, 0.6) is 0 Å². The number of pyridine rings is 1. The second-order valence-corrected chi connectivity index (χ2v) is 8.35. The van der Waals surface area contributed by atoms with Gasteiger partial charge in [0.25, 0.3) is 5.91 Å². The summed E-state index contributed by atoms with van der Waals surface area (Å²) in [6.07, 6.45) is 3.66. The molecule has 0 saturated carbocycles. The van der Waals surface area contributed by atoms with E-state index >= 15 is 0 Å². The highest BCUT2D eigenvalue weighted by Crippen LogP contribution is 2.33. The minimum absolute atomic E-state index is 0.131. The molecule has 3 heterocycles. The van der Waals surface area contributed by atoms with Crippen molar-refractivity contribution in [1.29, 1.82) is 0 Å². The van der Waals surface area contributed by atoms with Crippen LogP contribution in [0.2, 0.25) is 0 Å². The Morgan fingerprint density at radius 2 is 1.92 bits per heavy atom. The number of benzene rings is 1. The van der Waals surface area contributed by atoms with Crippen LogP contribution in [0, 0.1) is 0 Å². The molecule has 1 saturated heterocycles. The van der Waals surface area contributed by atoms with E-state index in [4.69, 9.17) is 0 Å². The van der Waals surface area contributed by atoms with Crippen molar-refractivity contribution in [2.45, 2.75) is 0 Å². The van der Waals surface area contributed by atoms with Crippen LogP contribution in [0.1, 0.15) is 4.88 Å². The van der Waals surface area contributed by atoms with Crippen molar-refractivity contribution in [2.24, 2.45) is 4.99 Å². The Morgan fingerprint density at radius 1 is 1.08 bits per heavy atom. The SMILES string of the molecule is O=C1NC(=Nc2ccccc2Br)S/C1=C\c1ccc(-c2ccccn2)s1. The number of nitrogens with zero attached hydrogens (tertiary/aromatic N) is 2. The zero-order valence-electron chi connectivity index (χ0n) is 13.3. The van der Waals surface area contributed by atoms with E-state index in [9.17, 15) is 4.79 Å². The lowest BCUT2D eigenvalue weighted by molar-refractivity contribution is -0.115. The number of thioether (sulfide) groups is 1. The highest BCUT2D eigenvalue weighted by molar-refractivity contribution is 9.10. The molecule has 3 aromatic rings. The maximum atomic E-state index is 12.2.